The van der Waals surface area contributed by atoms with E-state index < -0.39 is 10.0 Å². The van der Waals surface area contributed by atoms with Crippen molar-refractivity contribution in [2.45, 2.75) is 19.6 Å². The van der Waals surface area contributed by atoms with Crippen LogP contribution in [0.4, 0.5) is 0 Å². The van der Waals surface area contributed by atoms with E-state index in [1.165, 1.54) is 228 Å². The smallest absolute Gasteiger partial charge is 0.142 e. The number of aromatic nitrogens is 2. The van der Waals surface area contributed by atoms with Crippen LogP contribution in [0.1, 0.15) is 0 Å². The Kier molecular flexibility index (Phi) is 15.9. The lowest BCUT2D eigenvalue weighted by Gasteiger charge is -2.43. The van der Waals surface area contributed by atoms with Gasteiger partial charge in [0.05, 0.1) is 16.7 Å². The number of hydrogen-bond donors (Lipinski definition) is 0. The third-order valence-corrected chi connectivity index (χ3v) is 27.1. The lowest BCUT2D eigenvalue weighted by atomic mass is 9.58. The summed E-state index contributed by atoms with van der Waals surface area (Å²) in [5.74, 6) is 0. The number of nitrogens with zero attached hydrogens (tertiary/aromatic N) is 2. The Morgan fingerprint density at radius 2 is 0.571 bits per heavy atom. The molecule has 0 N–H and O–H groups in total. The second-order valence-corrected chi connectivity index (χ2v) is 30.1. The van der Waals surface area contributed by atoms with Gasteiger partial charge in [0.1, 0.15) is 173 Å². The number of fused-ring (bicyclic) bond motifs is 6. The molecule has 0 unspecified atom stereocenters. The van der Waals surface area contributed by atoms with Crippen molar-refractivity contribution in [3.63, 3.8) is 0 Å². The van der Waals surface area contributed by atoms with Crippen LogP contribution in [-0.2, 0) is 0 Å². The molecule has 0 fully saturated rings. The molecule has 13 aromatic rings. The Labute approximate surface area is 561 Å². The maximum Gasteiger partial charge on any atom is 0.142 e. The summed E-state index contributed by atoms with van der Waals surface area (Å²) in [6.45, 7) is 0. The van der Waals surface area contributed by atoms with Crippen molar-refractivity contribution in [3.8, 4) is 44.8 Å². The topological polar surface area (TPSA) is 9.86 Å². The fraction of sp³-hybridized carbons (Fsp3) is 0. The molecule has 0 aliphatic heterocycles. The number of para-hydroxylation sites is 1. The number of hydrogen-bond acceptors (Lipinski definition) is 0. The fourth-order valence-electron chi connectivity index (χ4n) is 16.5. The van der Waals surface area contributed by atoms with E-state index in [-0.39, 0.29) is 0 Å². The van der Waals surface area contributed by atoms with Gasteiger partial charge in [0.2, 0.25) is 0 Å². The Bertz CT molecular complexity index is 5050. The van der Waals surface area contributed by atoms with E-state index in [1.54, 1.807) is 0 Å². The molecule has 0 bridgehead atoms. The lowest BCUT2D eigenvalue weighted by Crippen LogP contribution is -2.56. The Hall–Kier alpha value is -7.20. The van der Waals surface area contributed by atoms with Crippen LogP contribution < -0.4 is 120 Å². The SMILES string of the molecule is Bc1c(B)c(B)c(-c2cc(S(c3ccccc3)(c3ccccc3)c3ccccc3)cc(-c3c(B)c(B)c(B)c(B)c3B)c2-n2c3ccccc3c3cc(-c4c(B)c(B)c5c6c(B)c(B)c(B)c(B)c6n(-c6c(B)c(B)c(B)c(B)c6B)c5c4B)ccc32)c(B)c1B. The lowest BCUT2D eigenvalue weighted by molar-refractivity contribution is 1.17. The molecule has 0 amide bonds. The van der Waals surface area contributed by atoms with Crippen molar-refractivity contribution in [1.29, 1.82) is 0 Å². The van der Waals surface area contributed by atoms with Gasteiger partial charge in [0, 0.05) is 58.2 Å². The summed E-state index contributed by atoms with van der Waals surface area (Å²) in [5, 5.41) is 5.25. The molecule has 0 aliphatic rings. The first-order chi connectivity index (χ1) is 43.4. The molecule has 0 atom stereocenters. The zero-order chi connectivity index (χ0) is 64.9. The van der Waals surface area contributed by atoms with E-state index in [2.05, 4.69) is 327 Å². The van der Waals surface area contributed by atoms with Crippen LogP contribution >= 0.6 is 10.0 Å². The summed E-state index contributed by atoms with van der Waals surface area (Å²) in [6, 6.07) is 56.4. The van der Waals surface area contributed by atoms with E-state index in [0.29, 0.717) is 0 Å². The minimum Gasteiger partial charge on any atom is -0.312 e. The predicted octanol–water partition coefficient (Wildman–Crippen LogP) is -20.1. The van der Waals surface area contributed by atoms with Gasteiger partial charge in [-0.1, -0.05) is 155 Å². The summed E-state index contributed by atoms with van der Waals surface area (Å²) >= 11 is 0. The molecular weight excluding hydrogens is 1090 g/mol. The van der Waals surface area contributed by atoms with Crippen molar-refractivity contribution in [2.75, 3.05) is 0 Å². The van der Waals surface area contributed by atoms with Crippen LogP contribution in [0, 0.1) is 0 Å². The van der Waals surface area contributed by atoms with E-state index in [1.807, 2.05) is 0 Å². The molecule has 2 heterocycles. The molecule has 0 saturated heterocycles. The maximum absolute atomic E-state index is 2.71. The first-order valence-electron chi connectivity index (χ1n) is 32.9. The fourth-order valence-corrected chi connectivity index (χ4v) is 20.4. The molecule has 25 heteroatoms. The van der Waals surface area contributed by atoms with Gasteiger partial charge in [-0.15, -0.1) is 53.7 Å². The largest absolute Gasteiger partial charge is 0.312 e. The second kappa shape index (κ2) is 23.1. The molecule has 2 nitrogen and oxygen atoms in total. The standard InChI is InChI=1S/C66H68B22N2S/c67-41-36(48(74)64-39(46(41)72)40-47(73)53(79)57(83)60(86)65(40)90(64)66-61(87)58(84)56(82)59(85)62(66)88)25-20-21-35-31(22-25)30-18-10-11-19-34(30)89(35)63-32(37-42(68)49(75)54(80)50(76)43(37)69)23-29(24-33(63)38-44(70)51(77)55(81)52(78)45(38)71)91(26-12-4-1-5-13-26,27-14-6-2-7-15-27)28-16-8-3-9-17-28/h1-24H,67-88H2. The highest BCUT2D eigenvalue weighted by atomic mass is 32.3. The molecule has 2 aromatic heterocycles. The van der Waals surface area contributed by atoms with Gasteiger partial charge in [0.15, 0.2) is 0 Å². The summed E-state index contributed by atoms with van der Waals surface area (Å²) < 4.78 is 5.41. The first kappa shape index (κ1) is 62.6. The summed E-state index contributed by atoms with van der Waals surface area (Å²) in [6.07, 6.45) is 0. The average molecular weight is 1160 g/mol. The van der Waals surface area contributed by atoms with Gasteiger partial charge in [-0.3, -0.25) is 0 Å². The predicted molar refractivity (Wildman–Crippen MR) is 471 cm³/mol. The Morgan fingerprint density at radius 3 is 1.02 bits per heavy atom. The molecular formula is C66H68B22N2S. The first-order valence-corrected chi connectivity index (χ1v) is 34.5. The third kappa shape index (κ3) is 9.02. The number of rotatable bonds is 9. The Morgan fingerprint density at radius 1 is 0.231 bits per heavy atom. The molecule has 0 saturated carbocycles. The van der Waals surface area contributed by atoms with Crippen LogP contribution in [0.15, 0.2) is 165 Å². The van der Waals surface area contributed by atoms with Crippen LogP contribution in [0.2, 0.25) is 0 Å². The monoisotopic (exact) mass is 1160 g/mol. The van der Waals surface area contributed by atoms with E-state index in [9.17, 15) is 0 Å². The van der Waals surface area contributed by atoms with Crippen molar-refractivity contribution in [3.05, 3.63) is 146 Å². The molecule has 13 rings (SSSR count). The normalized spacial score (nSPS) is 12.0. The quantitative estimate of drug-likeness (QED) is 0.128. The summed E-state index contributed by atoms with van der Waals surface area (Å²) in [5.41, 5.74) is 45.0. The van der Waals surface area contributed by atoms with Crippen molar-refractivity contribution in [1.82, 2.24) is 9.13 Å². The molecule has 0 aliphatic carbocycles. The van der Waals surface area contributed by atoms with Gasteiger partial charge in [-0.25, -0.2) is 0 Å². The van der Waals surface area contributed by atoms with E-state index >= 15 is 0 Å². The van der Waals surface area contributed by atoms with Crippen molar-refractivity contribution < 1.29 is 0 Å². The highest BCUT2D eigenvalue weighted by molar-refractivity contribution is 8.34. The maximum atomic E-state index is 2.71. The second-order valence-electron chi connectivity index (χ2n) is 27.0. The summed E-state index contributed by atoms with van der Waals surface area (Å²) in [7, 11) is 49.7. The highest BCUT2D eigenvalue weighted by Crippen LogP contribution is 2.74. The van der Waals surface area contributed by atoms with Crippen LogP contribution in [0.5, 0.6) is 0 Å². The van der Waals surface area contributed by atoms with Crippen LogP contribution in [-0.4, -0.2) is 182 Å². The Balaban J connectivity index is 1.22. The van der Waals surface area contributed by atoms with Crippen molar-refractivity contribution >= 4 is 346 Å². The van der Waals surface area contributed by atoms with Crippen molar-refractivity contribution in [2.24, 2.45) is 0 Å². The highest BCUT2D eigenvalue weighted by Gasteiger charge is 2.37. The number of benzene rings is 11. The molecule has 91 heavy (non-hydrogen) atoms. The van der Waals surface area contributed by atoms with Crippen LogP contribution in [0.3, 0.4) is 0 Å². The minimum absolute atomic E-state index is 1.19. The molecule has 11 aromatic carbocycles. The van der Waals surface area contributed by atoms with Gasteiger partial charge < -0.3 is 9.13 Å². The average Bonchev–Trinajstić information content (AvgIpc) is 1.65. The zero-order valence-corrected chi connectivity index (χ0v) is 59.0. The third-order valence-electron chi connectivity index (χ3n) is 23.3. The van der Waals surface area contributed by atoms with Gasteiger partial charge in [0.25, 0.3) is 0 Å². The summed E-state index contributed by atoms with van der Waals surface area (Å²) in [4.78, 5) is 5.23. The van der Waals surface area contributed by atoms with E-state index in [0.717, 1.165) is 0 Å². The van der Waals surface area contributed by atoms with Gasteiger partial charge in [-0.05, 0) is 99.8 Å². The van der Waals surface area contributed by atoms with E-state index in [4.69, 9.17) is 0 Å². The molecule has 414 valence electrons. The molecule has 0 spiro atoms. The van der Waals surface area contributed by atoms with Gasteiger partial charge in [-0.2, -0.15) is 0 Å². The van der Waals surface area contributed by atoms with Crippen LogP contribution in [0.25, 0.3) is 88.4 Å². The minimum atomic E-state index is -2.18. The molecule has 0 radical (unpaired) electrons. The van der Waals surface area contributed by atoms with Gasteiger partial charge >= 0.3 is 0 Å². The zero-order valence-electron chi connectivity index (χ0n) is 58.2.